The van der Waals surface area contributed by atoms with Gasteiger partial charge < -0.3 is 4.90 Å². The Hall–Kier alpha value is -0.870. The normalized spacial score (nSPS) is 26.2. The summed E-state index contributed by atoms with van der Waals surface area (Å²) >= 11 is 5.71. The summed E-state index contributed by atoms with van der Waals surface area (Å²) in [5, 5.41) is 8.34. The van der Waals surface area contributed by atoms with Crippen molar-refractivity contribution in [3.05, 3.63) is 17.8 Å². The van der Waals surface area contributed by atoms with Gasteiger partial charge in [0.2, 0.25) is 0 Å². The van der Waals surface area contributed by atoms with E-state index in [0.717, 1.165) is 24.6 Å². The van der Waals surface area contributed by atoms with Crippen LogP contribution in [-0.2, 0) is 5.88 Å². The van der Waals surface area contributed by atoms with Crippen LogP contribution in [0.25, 0.3) is 0 Å². The van der Waals surface area contributed by atoms with Crippen molar-refractivity contribution in [1.29, 1.82) is 0 Å². The number of hydrogen-bond acceptors (Lipinski definition) is 4. The van der Waals surface area contributed by atoms with Crippen LogP contribution in [0, 0.1) is 0 Å². The SMILES string of the molecule is CC1CN(c2ccc(CCl)nn2)CC(C)N1C. The van der Waals surface area contributed by atoms with E-state index in [1.807, 2.05) is 12.1 Å². The topological polar surface area (TPSA) is 32.3 Å². The fraction of sp³-hybridized carbons (Fsp3) is 0.667. The van der Waals surface area contributed by atoms with Crippen LogP contribution < -0.4 is 4.90 Å². The van der Waals surface area contributed by atoms with E-state index in [0.29, 0.717) is 18.0 Å². The fourth-order valence-corrected chi connectivity index (χ4v) is 2.33. The second-order valence-electron chi connectivity index (χ2n) is 4.78. The lowest BCUT2D eigenvalue weighted by Gasteiger charge is -2.42. The first-order chi connectivity index (χ1) is 8.11. The van der Waals surface area contributed by atoms with Crippen LogP contribution in [0.1, 0.15) is 19.5 Å². The molecular formula is C12H19ClN4. The van der Waals surface area contributed by atoms with Gasteiger partial charge in [0.25, 0.3) is 0 Å². The molecule has 1 saturated heterocycles. The molecule has 0 amide bonds. The lowest BCUT2D eigenvalue weighted by Crippen LogP contribution is -2.55. The van der Waals surface area contributed by atoms with Crippen LogP contribution in [0.5, 0.6) is 0 Å². The Morgan fingerprint density at radius 1 is 1.24 bits per heavy atom. The number of nitrogens with zero attached hydrogens (tertiary/aromatic N) is 4. The lowest BCUT2D eigenvalue weighted by atomic mass is 10.1. The zero-order chi connectivity index (χ0) is 12.4. The average Bonchev–Trinajstić information content (AvgIpc) is 2.35. The van der Waals surface area contributed by atoms with Crippen molar-refractivity contribution in [1.82, 2.24) is 15.1 Å². The van der Waals surface area contributed by atoms with Gasteiger partial charge in [-0.1, -0.05) is 0 Å². The van der Waals surface area contributed by atoms with E-state index in [4.69, 9.17) is 11.6 Å². The largest absolute Gasteiger partial charge is 0.352 e. The van der Waals surface area contributed by atoms with Gasteiger partial charge in [0, 0.05) is 25.2 Å². The zero-order valence-electron chi connectivity index (χ0n) is 10.6. The smallest absolute Gasteiger partial charge is 0.151 e. The Balaban J connectivity index is 2.11. The maximum atomic E-state index is 5.71. The summed E-state index contributed by atoms with van der Waals surface area (Å²) in [7, 11) is 2.18. The number of hydrogen-bond donors (Lipinski definition) is 0. The average molecular weight is 255 g/mol. The van der Waals surface area contributed by atoms with Crippen molar-refractivity contribution in [2.24, 2.45) is 0 Å². The first kappa shape index (κ1) is 12.6. The minimum Gasteiger partial charge on any atom is -0.352 e. The fourth-order valence-electron chi connectivity index (χ4n) is 2.18. The van der Waals surface area contributed by atoms with E-state index in [1.165, 1.54) is 0 Å². The third kappa shape index (κ3) is 2.69. The van der Waals surface area contributed by atoms with E-state index in [1.54, 1.807) is 0 Å². The van der Waals surface area contributed by atoms with Crippen molar-refractivity contribution in [2.45, 2.75) is 31.8 Å². The van der Waals surface area contributed by atoms with Gasteiger partial charge in [0.1, 0.15) is 0 Å². The summed E-state index contributed by atoms with van der Waals surface area (Å²) in [4.78, 5) is 4.69. The first-order valence-electron chi connectivity index (χ1n) is 5.97. The molecular weight excluding hydrogens is 236 g/mol. The van der Waals surface area contributed by atoms with Gasteiger partial charge in [-0.25, -0.2) is 0 Å². The Kier molecular flexibility index (Phi) is 3.84. The van der Waals surface area contributed by atoms with Gasteiger partial charge in [-0.15, -0.1) is 16.7 Å². The van der Waals surface area contributed by atoms with Crippen LogP contribution in [0.2, 0.25) is 0 Å². The molecule has 17 heavy (non-hydrogen) atoms. The van der Waals surface area contributed by atoms with Crippen molar-refractivity contribution < 1.29 is 0 Å². The number of halogens is 1. The molecule has 0 aliphatic carbocycles. The summed E-state index contributed by atoms with van der Waals surface area (Å²) in [5.74, 6) is 1.37. The molecule has 1 aliphatic rings. The van der Waals surface area contributed by atoms with Gasteiger partial charge in [0.15, 0.2) is 5.82 Å². The molecule has 0 saturated carbocycles. The number of anilines is 1. The highest BCUT2D eigenvalue weighted by Crippen LogP contribution is 2.19. The predicted octanol–water partition coefficient (Wildman–Crippen LogP) is 1.74. The number of rotatable bonds is 2. The molecule has 2 unspecified atom stereocenters. The second kappa shape index (κ2) is 5.19. The maximum Gasteiger partial charge on any atom is 0.151 e. The van der Waals surface area contributed by atoms with Crippen molar-refractivity contribution in [2.75, 3.05) is 25.0 Å². The van der Waals surface area contributed by atoms with Gasteiger partial charge >= 0.3 is 0 Å². The Morgan fingerprint density at radius 3 is 2.35 bits per heavy atom. The van der Waals surface area contributed by atoms with E-state index < -0.39 is 0 Å². The van der Waals surface area contributed by atoms with Crippen LogP contribution in [0.15, 0.2) is 12.1 Å². The second-order valence-corrected chi connectivity index (χ2v) is 5.05. The minimum absolute atomic E-state index is 0.419. The van der Waals surface area contributed by atoms with Crippen molar-refractivity contribution in [3.63, 3.8) is 0 Å². The minimum atomic E-state index is 0.419. The highest BCUT2D eigenvalue weighted by Gasteiger charge is 2.27. The zero-order valence-corrected chi connectivity index (χ0v) is 11.4. The summed E-state index contributed by atoms with van der Waals surface area (Å²) in [6, 6.07) is 5.03. The molecule has 0 bridgehead atoms. The Bertz CT molecular complexity index is 355. The van der Waals surface area contributed by atoms with Crippen LogP contribution in [0.4, 0.5) is 5.82 Å². The van der Waals surface area contributed by atoms with Crippen LogP contribution in [-0.4, -0.2) is 47.3 Å². The van der Waals surface area contributed by atoms with Crippen molar-refractivity contribution >= 4 is 17.4 Å². The third-order valence-corrected chi connectivity index (χ3v) is 3.80. The summed E-state index contributed by atoms with van der Waals surface area (Å²) in [5.41, 5.74) is 0.825. The molecule has 0 spiro atoms. The number of alkyl halides is 1. The van der Waals surface area contributed by atoms with E-state index >= 15 is 0 Å². The molecule has 2 heterocycles. The molecule has 4 nitrogen and oxygen atoms in total. The molecule has 2 atom stereocenters. The number of aromatic nitrogens is 2. The number of likely N-dealkylation sites (N-methyl/N-ethyl adjacent to an activating group) is 1. The summed E-state index contributed by atoms with van der Waals surface area (Å²) in [6.45, 7) is 6.47. The number of piperazine rings is 1. The predicted molar refractivity (Wildman–Crippen MR) is 70.5 cm³/mol. The van der Waals surface area contributed by atoms with Crippen LogP contribution >= 0.6 is 11.6 Å². The maximum absolute atomic E-state index is 5.71. The standard InChI is InChI=1S/C12H19ClN4/c1-9-7-17(8-10(2)16(9)3)12-5-4-11(6-13)14-15-12/h4-5,9-10H,6-8H2,1-3H3. The first-order valence-corrected chi connectivity index (χ1v) is 6.50. The Labute approximate surface area is 108 Å². The summed E-state index contributed by atoms with van der Waals surface area (Å²) < 4.78 is 0. The molecule has 1 fully saturated rings. The monoisotopic (exact) mass is 254 g/mol. The van der Waals surface area contributed by atoms with Crippen LogP contribution in [0.3, 0.4) is 0 Å². The van der Waals surface area contributed by atoms with E-state index in [2.05, 4.69) is 40.9 Å². The molecule has 1 aromatic rings. The molecule has 2 rings (SSSR count). The third-order valence-electron chi connectivity index (χ3n) is 3.53. The van der Waals surface area contributed by atoms with Gasteiger partial charge in [-0.2, -0.15) is 5.10 Å². The molecule has 0 aromatic carbocycles. The Morgan fingerprint density at radius 2 is 1.88 bits per heavy atom. The molecule has 94 valence electrons. The van der Waals surface area contributed by atoms with Gasteiger partial charge in [-0.3, -0.25) is 4.90 Å². The lowest BCUT2D eigenvalue weighted by molar-refractivity contribution is 0.169. The van der Waals surface area contributed by atoms with Gasteiger partial charge in [0.05, 0.1) is 11.6 Å². The molecule has 0 N–H and O–H groups in total. The highest BCUT2D eigenvalue weighted by atomic mass is 35.5. The molecule has 1 aromatic heterocycles. The van der Waals surface area contributed by atoms with Crippen molar-refractivity contribution in [3.8, 4) is 0 Å². The van der Waals surface area contributed by atoms with E-state index in [-0.39, 0.29) is 0 Å². The molecule has 0 radical (unpaired) electrons. The van der Waals surface area contributed by atoms with E-state index in [9.17, 15) is 0 Å². The highest BCUT2D eigenvalue weighted by molar-refractivity contribution is 6.16. The quantitative estimate of drug-likeness (QED) is 0.753. The molecule has 5 heteroatoms. The molecule has 1 aliphatic heterocycles. The van der Waals surface area contributed by atoms with Gasteiger partial charge in [-0.05, 0) is 33.0 Å². The summed E-state index contributed by atoms with van der Waals surface area (Å²) in [6.07, 6.45) is 0.